The minimum atomic E-state index is -0.0825. The number of carbonyl (C=O) groups excluding carboxylic acids is 1. The van der Waals surface area contributed by atoms with Crippen LogP contribution >= 0.6 is 0 Å². The Morgan fingerprint density at radius 2 is 2.09 bits per heavy atom. The Balaban J connectivity index is 1.71. The zero-order valence-electron chi connectivity index (χ0n) is 12.8. The second-order valence-corrected chi connectivity index (χ2v) is 5.82. The molecule has 0 spiro atoms. The molecule has 1 saturated carbocycles. The second-order valence-electron chi connectivity index (χ2n) is 5.82. The standard InChI is InChI=1S/C19H20N2O/c1-2-6-14-7-5-9-16(13-14)20-19(22)18-12-11-15-8-3-4-10-17(15)21-18/h3-4,8,10-12,14,16H,5,7,9,13H2,1H3,(H,20,22). The molecule has 2 aromatic rings. The van der Waals surface area contributed by atoms with Crippen LogP contribution in [0.4, 0.5) is 0 Å². The number of rotatable bonds is 2. The van der Waals surface area contributed by atoms with Crippen LogP contribution in [0.2, 0.25) is 0 Å². The molecule has 3 heteroatoms. The molecule has 1 fully saturated rings. The summed E-state index contributed by atoms with van der Waals surface area (Å²) in [6.07, 6.45) is 4.23. The first-order valence-corrected chi connectivity index (χ1v) is 7.85. The third kappa shape index (κ3) is 3.28. The number of carbonyl (C=O) groups is 1. The maximum absolute atomic E-state index is 12.4. The van der Waals surface area contributed by atoms with Gasteiger partial charge in [-0.15, -0.1) is 11.8 Å². The first-order valence-electron chi connectivity index (χ1n) is 7.85. The van der Waals surface area contributed by atoms with Crippen LogP contribution in [0.25, 0.3) is 10.9 Å². The van der Waals surface area contributed by atoms with Crippen LogP contribution in [0.15, 0.2) is 36.4 Å². The molecular formula is C19H20N2O. The molecule has 112 valence electrons. The van der Waals surface area contributed by atoms with Gasteiger partial charge in [-0.2, -0.15) is 0 Å². The smallest absolute Gasteiger partial charge is 0.270 e. The van der Waals surface area contributed by atoms with Gasteiger partial charge in [0.25, 0.3) is 5.91 Å². The fourth-order valence-corrected chi connectivity index (χ4v) is 3.11. The predicted molar refractivity (Wildman–Crippen MR) is 88.4 cm³/mol. The number of nitrogens with one attached hydrogen (secondary N) is 1. The van der Waals surface area contributed by atoms with Crippen molar-refractivity contribution in [3.63, 3.8) is 0 Å². The summed E-state index contributed by atoms with van der Waals surface area (Å²) in [6.45, 7) is 1.88. The highest BCUT2D eigenvalue weighted by molar-refractivity contribution is 5.95. The van der Waals surface area contributed by atoms with Gasteiger partial charge in [0.15, 0.2) is 0 Å². The van der Waals surface area contributed by atoms with Crippen molar-refractivity contribution < 1.29 is 4.79 Å². The summed E-state index contributed by atoms with van der Waals surface area (Å²) in [5.41, 5.74) is 1.34. The lowest BCUT2D eigenvalue weighted by Gasteiger charge is -2.26. The van der Waals surface area contributed by atoms with Crippen LogP contribution in [0.3, 0.4) is 0 Å². The normalized spacial score (nSPS) is 21.0. The van der Waals surface area contributed by atoms with E-state index in [0.29, 0.717) is 11.6 Å². The van der Waals surface area contributed by atoms with Crippen LogP contribution in [-0.4, -0.2) is 16.9 Å². The number of pyridine rings is 1. The number of hydrogen-bond acceptors (Lipinski definition) is 2. The highest BCUT2D eigenvalue weighted by Gasteiger charge is 2.22. The molecule has 0 bridgehead atoms. The Morgan fingerprint density at radius 1 is 1.23 bits per heavy atom. The Labute approximate surface area is 131 Å². The van der Waals surface area contributed by atoms with E-state index in [1.807, 2.05) is 37.3 Å². The quantitative estimate of drug-likeness (QED) is 0.860. The fraction of sp³-hybridized carbons (Fsp3) is 0.368. The van der Waals surface area contributed by atoms with Crippen molar-refractivity contribution >= 4 is 16.8 Å². The maximum Gasteiger partial charge on any atom is 0.270 e. The van der Waals surface area contributed by atoms with Gasteiger partial charge in [0.05, 0.1) is 5.52 Å². The molecule has 0 radical (unpaired) electrons. The fourth-order valence-electron chi connectivity index (χ4n) is 3.11. The van der Waals surface area contributed by atoms with Gasteiger partial charge in [-0.1, -0.05) is 30.7 Å². The molecule has 0 saturated heterocycles. The lowest BCUT2D eigenvalue weighted by Crippen LogP contribution is -2.38. The van der Waals surface area contributed by atoms with Gasteiger partial charge < -0.3 is 5.32 Å². The van der Waals surface area contributed by atoms with Gasteiger partial charge in [-0.05, 0) is 38.3 Å². The number of nitrogens with zero attached hydrogens (tertiary/aromatic N) is 1. The van der Waals surface area contributed by atoms with E-state index in [-0.39, 0.29) is 11.9 Å². The van der Waals surface area contributed by atoms with E-state index in [9.17, 15) is 4.79 Å². The average molecular weight is 292 g/mol. The van der Waals surface area contributed by atoms with E-state index in [1.165, 1.54) is 0 Å². The first-order chi connectivity index (χ1) is 10.8. The summed E-state index contributed by atoms with van der Waals surface area (Å²) < 4.78 is 0. The molecule has 1 amide bonds. The third-order valence-corrected chi connectivity index (χ3v) is 4.19. The molecule has 3 nitrogen and oxygen atoms in total. The van der Waals surface area contributed by atoms with Gasteiger partial charge in [-0.25, -0.2) is 4.98 Å². The highest BCUT2D eigenvalue weighted by atomic mass is 16.1. The maximum atomic E-state index is 12.4. The molecule has 1 N–H and O–H groups in total. The summed E-state index contributed by atoms with van der Waals surface area (Å²) in [4.78, 5) is 16.9. The number of fused-ring (bicyclic) bond motifs is 1. The summed E-state index contributed by atoms with van der Waals surface area (Å²) in [5.74, 6) is 6.55. The van der Waals surface area contributed by atoms with Crippen LogP contribution in [0.5, 0.6) is 0 Å². The van der Waals surface area contributed by atoms with Crippen molar-refractivity contribution in [2.24, 2.45) is 5.92 Å². The van der Waals surface area contributed by atoms with Gasteiger partial charge in [0.1, 0.15) is 5.69 Å². The van der Waals surface area contributed by atoms with Gasteiger partial charge in [0.2, 0.25) is 0 Å². The molecular weight excluding hydrogens is 272 g/mol. The van der Waals surface area contributed by atoms with Crippen molar-refractivity contribution in [1.82, 2.24) is 10.3 Å². The molecule has 1 heterocycles. The van der Waals surface area contributed by atoms with Crippen molar-refractivity contribution in [3.8, 4) is 11.8 Å². The predicted octanol–water partition coefficient (Wildman–Crippen LogP) is 3.55. The van der Waals surface area contributed by atoms with E-state index in [1.54, 1.807) is 6.07 Å². The molecule has 1 aromatic heterocycles. The summed E-state index contributed by atoms with van der Waals surface area (Å²) in [6, 6.07) is 11.8. The van der Waals surface area contributed by atoms with Crippen LogP contribution in [-0.2, 0) is 0 Å². The summed E-state index contributed by atoms with van der Waals surface area (Å²) in [7, 11) is 0. The Bertz CT molecular complexity index is 742. The molecule has 3 rings (SSSR count). The number of amides is 1. The third-order valence-electron chi connectivity index (χ3n) is 4.19. The second kappa shape index (κ2) is 6.62. The Morgan fingerprint density at radius 3 is 2.95 bits per heavy atom. The Hall–Kier alpha value is -2.34. The lowest BCUT2D eigenvalue weighted by atomic mass is 9.86. The number of hydrogen-bond donors (Lipinski definition) is 1. The molecule has 2 atom stereocenters. The van der Waals surface area contributed by atoms with E-state index >= 15 is 0 Å². The van der Waals surface area contributed by atoms with Gasteiger partial charge in [-0.3, -0.25) is 4.79 Å². The van der Waals surface area contributed by atoms with Crippen molar-refractivity contribution in [1.29, 1.82) is 0 Å². The minimum absolute atomic E-state index is 0.0825. The zero-order valence-corrected chi connectivity index (χ0v) is 12.8. The molecule has 1 aliphatic carbocycles. The van der Waals surface area contributed by atoms with E-state index < -0.39 is 0 Å². The largest absolute Gasteiger partial charge is 0.348 e. The van der Waals surface area contributed by atoms with E-state index in [2.05, 4.69) is 22.1 Å². The molecule has 22 heavy (non-hydrogen) atoms. The van der Waals surface area contributed by atoms with Crippen LogP contribution in [0.1, 0.15) is 43.1 Å². The van der Waals surface area contributed by atoms with Crippen LogP contribution < -0.4 is 5.32 Å². The number of aromatic nitrogens is 1. The number of benzene rings is 1. The average Bonchev–Trinajstić information content (AvgIpc) is 2.55. The van der Waals surface area contributed by atoms with E-state index in [0.717, 1.165) is 36.6 Å². The van der Waals surface area contributed by atoms with Gasteiger partial charge >= 0.3 is 0 Å². The molecule has 2 unspecified atom stereocenters. The zero-order chi connectivity index (χ0) is 15.4. The Kier molecular flexibility index (Phi) is 4.39. The van der Waals surface area contributed by atoms with Crippen molar-refractivity contribution in [3.05, 3.63) is 42.1 Å². The van der Waals surface area contributed by atoms with Crippen molar-refractivity contribution in [2.75, 3.05) is 0 Å². The monoisotopic (exact) mass is 292 g/mol. The topological polar surface area (TPSA) is 42.0 Å². The number of para-hydroxylation sites is 1. The molecule has 1 aromatic carbocycles. The first kappa shape index (κ1) is 14.6. The lowest BCUT2D eigenvalue weighted by molar-refractivity contribution is 0.0919. The van der Waals surface area contributed by atoms with Crippen LogP contribution in [0, 0.1) is 17.8 Å². The molecule has 0 aliphatic heterocycles. The molecule has 1 aliphatic rings. The summed E-state index contributed by atoms with van der Waals surface area (Å²) >= 11 is 0. The highest BCUT2D eigenvalue weighted by Crippen LogP contribution is 2.24. The summed E-state index contributed by atoms with van der Waals surface area (Å²) in [5, 5.41) is 4.17. The van der Waals surface area contributed by atoms with E-state index in [4.69, 9.17) is 0 Å². The minimum Gasteiger partial charge on any atom is -0.348 e. The van der Waals surface area contributed by atoms with Crippen molar-refractivity contribution in [2.45, 2.75) is 38.6 Å². The van der Waals surface area contributed by atoms with Gasteiger partial charge in [0, 0.05) is 17.3 Å². The SMILES string of the molecule is CC#CC1CCCC(NC(=O)c2ccc3ccccc3n2)C1.